The van der Waals surface area contributed by atoms with Crippen molar-refractivity contribution in [2.45, 2.75) is 46.5 Å². The minimum atomic E-state index is -0.506. The number of rotatable bonds is 2. The molecule has 2 heterocycles. The molecule has 1 amide bonds. The smallest absolute Gasteiger partial charge is 0.225 e. The van der Waals surface area contributed by atoms with Gasteiger partial charge in [0.15, 0.2) is 0 Å². The number of aromatic nitrogens is 2. The van der Waals surface area contributed by atoms with Crippen LogP contribution in [0.3, 0.4) is 0 Å². The second-order valence-electron chi connectivity index (χ2n) is 7.23. The molecule has 1 aliphatic rings. The summed E-state index contributed by atoms with van der Waals surface area (Å²) in [6.45, 7) is 11.3. The highest BCUT2D eigenvalue weighted by atomic mass is 16.1. The fourth-order valence-corrected chi connectivity index (χ4v) is 2.51. The monoisotopic (exact) mass is 291 g/mol. The summed E-state index contributed by atoms with van der Waals surface area (Å²) in [6.07, 6.45) is 0.733. The van der Waals surface area contributed by atoms with E-state index >= 15 is 0 Å². The van der Waals surface area contributed by atoms with Crippen molar-refractivity contribution in [3.05, 3.63) is 11.4 Å². The number of anilines is 2. The predicted octanol–water partition coefficient (Wildman–Crippen LogP) is 1.37. The summed E-state index contributed by atoms with van der Waals surface area (Å²) >= 11 is 0. The van der Waals surface area contributed by atoms with Gasteiger partial charge in [0, 0.05) is 24.1 Å². The Kier molecular flexibility index (Phi) is 3.59. The van der Waals surface area contributed by atoms with Gasteiger partial charge >= 0.3 is 0 Å². The molecule has 6 heteroatoms. The number of amides is 1. The van der Waals surface area contributed by atoms with Crippen LogP contribution in [0.1, 0.15) is 45.5 Å². The fourth-order valence-electron chi connectivity index (χ4n) is 2.51. The molecule has 4 N–H and O–H groups in total. The Morgan fingerprint density at radius 3 is 2.43 bits per heavy atom. The summed E-state index contributed by atoms with van der Waals surface area (Å²) in [5.74, 6) is 1.77. The largest absolute Gasteiger partial charge is 0.383 e. The van der Waals surface area contributed by atoms with Crippen LogP contribution in [0.25, 0.3) is 0 Å². The van der Waals surface area contributed by atoms with Gasteiger partial charge in [-0.3, -0.25) is 4.79 Å². The minimum Gasteiger partial charge on any atom is -0.383 e. The zero-order valence-corrected chi connectivity index (χ0v) is 13.5. The van der Waals surface area contributed by atoms with Crippen LogP contribution in [-0.4, -0.2) is 29.0 Å². The Morgan fingerprint density at radius 2 is 1.95 bits per heavy atom. The number of carbonyl (C=O) groups excluding carboxylic acids is 1. The van der Waals surface area contributed by atoms with Crippen molar-refractivity contribution in [3.8, 4) is 0 Å². The number of hydrogen-bond donors (Lipinski definition) is 2. The van der Waals surface area contributed by atoms with Gasteiger partial charge in [-0.15, -0.1) is 0 Å². The van der Waals surface area contributed by atoms with Gasteiger partial charge in [0.05, 0.1) is 5.41 Å². The number of nitrogen functional groups attached to an aromatic ring is 1. The molecule has 0 aromatic carbocycles. The summed E-state index contributed by atoms with van der Waals surface area (Å²) in [5, 5.41) is 0. The Hall–Kier alpha value is -1.85. The van der Waals surface area contributed by atoms with E-state index in [1.165, 1.54) is 0 Å². The Labute approximate surface area is 125 Å². The highest BCUT2D eigenvalue weighted by Gasteiger charge is 2.40. The van der Waals surface area contributed by atoms with Crippen LogP contribution in [-0.2, 0) is 10.2 Å². The molecule has 2 rings (SSSR count). The second-order valence-corrected chi connectivity index (χ2v) is 7.23. The van der Waals surface area contributed by atoms with Gasteiger partial charge in [-0.25, -0.2) is 9.97 Å². The Balaban J connectivity index is 2.41. The molecule has 0 aliphatic carbocycles. The van der Waals surface area contributed by atoms with Crippen LogP contribution >= 0.6 is 0 Å². The maximum absolute atomic E-state index is 11.6. The number of hydrogen-bond acceptors (Lipinski definition) is 5. The van der Waals surface area contributed by atoms with Crippen LogP contribution < -0.4 is 16.4 Å². The van der Waals surface area contributed by atoms with Crippen molar-refractivity contribution in [3.63, 3.8) is 0 Å². The molecule has 1 saturated heterocycles. The van der Waals surface area contributed by atoms with Crippen LogP contribution in [0.15, 0.2) is 0 Å². The van der Waals surface area contributed by atoms with Crippen molar-refractivity contribution in [2.75, 3.05) is 23.7 Å². The molecular weight excluding hydrogens is 266 g/mol. The zero-order chi connectivity index (χ0) is 16.0. The van der Waals surface area contributed by atoms with Crippen molar-refractivity contribution < 1.29 is 4.79 Å². The quantitative estimate of drug-likeness (QED) is 0.857. The first-order chi connectivity index (χ1) is 9.54. The summed E-state index contributed by atoms with van der Waals surface area (Å²) in [5.41, 5.74) is 11.7. The highest BCUT2D eigenvalue weighted by molar-refractivity contribution is 5.82. The van der Waals surface area contributed by atoms with Crippen LogP contribution in [0.2, 0.25) is 0 Å². The minimum absolute atomic E-state index is 0.177. The molecule has 1 aromatic rings. The van der Waals surface area contributed by atoms with E-state index < -0.39 is 5.41 Å². The van der Waals surface area contributed by atoms with Gasteiger partial charge in [-0.2, -0.15) is 0 Å². The lowest BCUT2D eigenvalue weighted by molar-refractivity contribution is -0.125. The van der Waals surface area contributed by atoms with E-state index in [4.69, 9.17) is 16.5 Å². The molecule has 1 unspecified atom stereocenters. The summed E-state index contributed by atoms with van der Waals surface area (Å²) in [4.78, 5) is 22.8. The SMILES string of the molecule is Cc1c(N)nc(C(C)(C)C)nc1N1CCC(C)(C(N)=O)C1. The lowest BCUT2D eigenvalue weighted by atomic mass is 9.89. The molecule has 0 radical (unpaired) electrons. The van der Waals surface area contributed by atoms with Gasteiger partial charge < -0.3 is 16.4 Å². The molecule has 21 heavy (non-hydrogen) atoms. The van der Waals surface area contributed by atoms with E-state index in [0.29, 0.717) is 18.2 Å². The maximum Gasteiger partial charge on any atom is 0.225 e. The third-order valence-corrected chi connectivity index (χ3v) is 4.20. The molecule has 0 bridgehead atoms. The molecule has 1 aromatic heterocycles. The van der Waals surface area contributed by atoms with E-state index in [-0.39, 0.29) is 11.3 Å². The molecule has 0 spiro atoms. The molecule has 1 aliphatic heterocycles. The standard InChI is InChI=1S/C15H25N5O/c1-9-10(16)18-13(14(2,3)4)19-11(9)20-7-6-15(5,8-20)12(17)21/h6-8H2,1-5H3,(H2,17,21)(H2,16,18,19). The topological polar surface area (TPSA) is 98.1 Å². The number of primary amides is 1. The molecule has 6 nitrogen and oxygen atoms in total. The zero-order valence-electron chi connectivity index (χ0n) is 13.5. The lowest BCUT2D eigenvalue weighted by Crippen LogP contribution is -2.37. The average molecular weight is 291 g/mol. The molecule has 116 valence electrons. The van der Waals surface area contributed by atoms with Gasteiger partial charge in [-0.1, -0.05) is 20.8 Å². The van der Waals surface area contributed by atoms with Crippen molar-refractivity contribution in [2.24, 2.45) is 11.1 Å². The van der Waals surface area contributed by atoms with E-state index in [9.17, 15) is 4.79 Å². The van der Waals surface area contributed by atoms with Gasteiger partial charge in [0.1, 0.15) is 17.5 Å². The normalized spacial score (nSPS) is 22.6. The number of carbonyl (C=O) groups is 1. The van der Waals surface area contributed by atoms with E-state index in [1.807, 2.05) is 13.8 Å². The fraction of sp³-hybridized carbons (Fsp3) is 0.667. The third-order valence-electron chi connectivity index (χ3n) is 4.20. The highest BCUT2D eigenvalue weighted by Crippen LogP contribution is 2.35. The van der Waals surface area contributed by atoms with Gasteiger partial charge in [0.2, 0.25) is 5.91 Å². The molecule has 1 fully saturated rings. The summed E-state index contributed by atoms with van der Waals surface area (Å²) < 4.78 is 0. The van der Waals surface area contributed by atoms with E-state index in [0.717, 1.165) is 24.3 Å². The maximum atomic E-state index is 11.6. The van der Waals surface area contributed by atoms with Crippen LogP contribution in [0.5, 0.6) is 0 Å². The molecular formula is C15H25N5O. The van der Waals surface area contributed by atoms with Crippen molar-refractivity contribution in [1.29, 1.82) is 0 Å². The molecule has 1 atom stereocenters. The van der Waals surface area contributed by atoms with Crippen LogP contribution in [0.4, 0.5) is 11.6 Å². The first kappa shape index (κ1) is 15.5. The van der Waals surface area contributed by atoms with E-state index in [1.54, 1.807) is 0 Å². The number of nitrogens with zero attached hydrogens (tertiary/aromatic N) is 3. The summed E-state index contributed by atoms with van der Waals surface area (Å²) in [7, 11) is 0. The first-order valence-corrected chi connectivity index (χ1v) is 7.24. The Bertz CT molecular complexity index is 578. The Morgan fingerprint density at radius 1 is 1.33 bits per heavy atom. The van der Waals surface area contributed by atoms with Crippen LogP contribution in [0, 0.1) is 12.3 Å². The van der Waals surface area contributed by atoms with E-state index in [2.05, 4.69) is 30.7 Å². The van der Waals surface area contributed by atoms with Crippen molar-refractivity contribution in [1.82, 2.24) is 9.97 Å². The number of nitrogens with two attached hydrogens (primary N) is 2. The second kappa shape index (κ2) is 4.86. The molecule has 0 saturated carbocycles. The predicted molar refractivity (Wildman–Crippen MR) is 84.0 cm³/mol. The summed E-state index contributed by atoms with van der Waals surface area (Å²) in [6, 6.07) is 0. The van der Waals surface area contributed by atoms with Gasteiger partial charge in [0.25, 0.3) is 0 Å². The first-order valence-electron chi connectivity index (χ1n) is 7.24. The van der Waals surface area contributed by atoms with Crippen molar-refractivity contribution >= 4 is 17.5 Å². The third kappa shape index (κ3) is 2.80. The average Bonchev–Trinajstić information content (AvgIpc) is 2.75. The van der Waals surface area contributed by atoms with Gasteiger partial charge in [-0.05, 0) is 20.3 Å². The lowest BCUT2D eigenvalue weighted by Gasteiger charge is -2.26.